The van der Waals surface area contributed by atoms with Crippen LogP contribution in [0.5, 0.6) is 0 Å². The molecule has 0 saturated carbocycles. The van der Waals surface area contributed by atoms with Gasteiger partial charge in [-0.2, -0.15) is 10.4 Å². The fourth-order valence-electron chi connectivity index (χ4n) is 2.94. The Kier molecular flexibility index (Phi) is 5.04. The number of nitriles is 1. The molecule has 6 heteroatoms. The fourth-order valence-corrected chi connectivity index (χ4v) is 2.94. The molecular weight excluding hydrogens is 340 g/mol. The topological polar surface area (TPSA) is 76.8 Å². The molecule has 0 aromatic heterocycles. The van der Waals surface area contributed by atoms with Crippen molar-refractivity contribution in [2.45, 2.75) is 26.7 Å². The van der Waals surface area contributed by atoms with Crippen LogP contribution in [0.1, 0.15) is 29.5 Å². The van der Waals surface area contributed by atoms with Gasteiger partial charge in [-0.1, -0.05) is 18.2 Å². The lowest BCUT2D eigenvalue weighted by Gasteiger charge is -2.26. The van der Waals surface area contributed by atoms with Gasteiger partial charge in [-0.3, -0.25) is 9.59 Å². The number of hydrogen-bond acceptors (Lipinski definition) is 4. The molecule has 1 aliphatic heterocycles. The summed E-state index contributed by atoms with van der Waals surface area (Å²) in [6.07, 6.45) is 0.519. The molecule has 2 amide bonds. The van der Waals surface area contributed by atoms with E-state index >= 15 is 0 Å². The molecule has 6 nitrogen and oxygen atoms in total. The van der Waals surface area contributed by atoms with Crippen molar-refractivity contribution in [1.82, 2.24) is 0 Å². The molecule has 27 heavy (non-hydrogen) atoms. The summed E-state index contributed by atoms with van der Waals surface area (Å²) in [6.45, 7) is 3.86. The highest BCUT2D eigenvalue weighted by Gasteiger charge is 2.28. The average molecular weight is 360 g/mol. The first-order valence-electron chi connectivity index (χ1n) is 8.66. The van der Waals surface area contributed by atoms with Gasteiger partial charge in [-0.25, -0.2) is 5.01 Å². The van der Waals surface area contributed by atoms with Crippen molar-refractivity contribution >= 4 is 28.9 Å². The number of hydrazone groups is 1. The number of amides is 2. The van der Waals surface area contributed by atoms with Crippen LogP contribution in [0, 0.1) is 25.2 Å². The van der Waals surface area contributed by atoms with E-state index < -0.39 is 0 Å². The number of rotatable bonds is 3. The first-order chi connectivity index (χ1) is 12.9. The van der Waals surface area contributed by atoms with E-state index in [1.54, 1.807) is 31.3 Å². The monoisotopic (exact) mass is 360 g/mol. The average Bonchev–Trinajstić information content (AvgIpc) is 2.69. The Morgan fingerprint density at radius 1 is 1.19 bits per heavy atom. The van der Waals surface area contributed by atoms with Crippen LogP contribution >= 0.6 is 0 Å². The number of aryl methyl sites for hydroxylation is 2. The molecule has 136 valence electrons. The van der Waals surface area contributed by atoms with E-state index in [1.165, 1.54) is 9.91 Å². The zero-order valence-electron chi connectivity index (χ0n) is 15.6. The molecule has 0 fully saturated rings. The Morgan fingerprint density at radius 3 is 2.70 bits per heavy atom. The van der Waals surface area contributed by atoms with Gasteiger partial charge < -0.3 is 4.90 Å². The molecule has 3 rings (SSSR count). The quantitative estimate of drug-likeness (QED) is 0.842. The normalized spacial score (nSPS) is 13.8. The largest absolute Gasteiger partial charge is 0.310 e. The van der Waals surface area contributed by atoms with Gasteiger partial charge in [0.15, 0.2) is 0 Å². The van der Waals surface area contributed by atoms with Crippen LogP contribution in [0.25, 0.3) is 0 Å². The molecule has 0 bridgehead atoms. The highest BCUT2D eigenvalue weighted by Crippen LogP contribution is 2.26. The maximum atomic E-state index is 12.9. The molecule has 0 saturated heterocycles. The highest BCUT2D eigenvalue weighted by molar-refractivity contribution is 6.44. The van der Waals surface area contributed by atoms with E-state index in [0.29, 0.717) is 29.1 Å². The zero-order valence-corrected chi connectivity index (χ0v) is 15.6. The van der Waals surface area contributed by atoms with Gasteiger partial charge in [-0.15, -0.1) is 0 Å². The lowest BCUT2D eigenvalue weighted by molar-refractivity contribution is -0.118. The summed E-state index contributed by atoms with van der Waals surface area (Å²) in [4.78, 5) is 26.8. The first-order valence-corrected chi connectivity index (χ1v) is 8.66. The second kappa shape index (κ2) is 7.42. The standard InChI is InChI=1S/C21H20N4O2/c1-14-7-8-15(2)19(11-14)25-20(26)10-9-18(23-25)21(27)24(3)17-6-4-5-16(12-17)13-22/h4-8,11-12H,9-10H2,1-3H3. The fraction of sp³-hybridized carbons (Fsp3) is 0.238. The molecule has 2 aromatic carbocycles. The van der Waals surface area contributed by atoms with Gasteiger partial charge in [0.05, 0.1) is 17.3 Å². The van der Waals surface area contributed by atoms with Crippen molar-refractivity contribution < 1.29 is 9.59 Å². The Labute approximate surface area is 158 Å². The Hall–Kier alpha value is -3.46. The van der Waals surface area contributed by atoms with Crippen LogP contribution in [-0.4, -0.2) is 24.6 Å². The molecule has 0 unspecified atom stereocenters. The summed E-state index contributed by atoms with van der Waals surface area (Å²) < 4.78 is 0. The van der Waals surface area contributed by atoms with Gasteiger partial charge in [-0.05, 0) is 49.2 Å². The highest BCUT2D eigenvalue weighted by atomic mass is 16.2. The van der Waals surface area contributed by atoms with Crippen molar-refractivity contribution in [3.8, 4) is 6.07 Å². The Balaban J connectivity index is 1.93. The number of anilines is 2. The number of hydrogen-bond donors (Lipinski definition) is 0. The van der Waals surface area contributed by atoms with E-state index in [9.17, 15) is 9.59 Å². The van der Waals surface area contributed by atoms with Gasteiger partial charge in [0.1, 0.15) is 5.71 Å². The summed E-state index contributed by atoms with van der Waals surface area (Å²) in [6, 6.07) is 14.7. The summed E-state index contributed by atoms with van der Waals surface area (Å²) >= 11 is 0. The molecule has 0 radical (unpaired) electrons. The van der Waals surface area contributed by atoms with Gasteiger partial charge in [0.2, 0.25) is 5.91 Å². The zero-order chi connectivity index (χ0) is 19.6. The third kappa shape index (κ3) is 3.72. The summed E-state index contributed by atoms with van der Waals surface area (Å²) in [7, 11) is 1.64. The molecule has 0 aliphatic carbocycles. The maximum Gasteiger partial charge on any atom is 0.274 e. The van der Waals surface area contributed by atoms with E-state index in [1.807, 2.05) is 32.0 Å². The molecule has 1 heterocycles. The van der Waals surface area contributed by atoms with Gasteiger partial charge in [0, 0.05) is 25.6 Å². The first kappa shape index (κ1) is 18.3. The minimum absolute atomic E-state index is 0.130. The lowest BCUT2D eigenvalue weighted by Crippen LogP contribution is -2.40. The molecular formula is C21H20N4O2. The maximum absolute atomic E-state index is 12.9. The smallest absolute Gasteiger partial charge is 0.274 e. The van der Waals surface area contributed by atoms with Crippen LogP contribution in [0.3, 0.4) is 0 Å². The van der Waals surface area contributed by atoms with Crippen LogP contribution in [0.4, 0.5) is 11.4 Å². The molecule has 1 aliphatic rings. The number of nitrogens with zero attached hydrogens (tertiary/aromatic N) is 4. The molecule has 0 spiro atoms. The molecule has 2 aromatic rings. The SMILES string of the molecule is Cc1ccc(C)c(N2N=C(C(=O)N(C)c3cccc(C#N)c3)CCC2=O)c1. The summed E-state index contributed by atoms with van der Waals surface area (Å²) in [5.74, 6) is -0.415. The Morgan fingerprint density at radius 2 is 1.96 bits per heavy atom. The van der Waals surface area contributed by atoms with E-state index in [2.05, 4.69) is 11.2 Å². The minimum atomic E-state index is -0.284. The number of carbonyl (C=O) groups excluding carboxylic acids is 2. The lowest BCUT2D eigenvalue weighted by atomic mass is 10.1. The van der Waals surface area contributed by atoms with Crippen LogP contribution < -0.4 is 9.91 Å². The number of benzene rings is 2. The predicted molar refractivity (Wildman–Crippen MR) is 105 cm³/mol. The van der Waals surface area contributed by atoms with Gasteiger partial charge >= 0.3 is 0 Å². The molecule has 0 N–H and O–H groups in total. The van der Waals surface area contributed by atoms with Crippen molar-refractivity contribution in [3.05, 3.63) is 59.2 Å². The number of carbonyl (C=O) groups is 2. The predicted octanol–water partition coefficient (Wildman–Crippen LogP) is 3.32. The van der Waals surface area contributed by atoms with Crippen molar-refractivity contribution in [3.63, 3.8) is 0 Å². The third-order valence-corrected chi connectivity index (χ3v) is 4.54. The summed E-state index contributed by atoms with van der Waals surface area (Å²) in [5.41, 5.74) is 4.03. The van der Waals surface area contributed by atoms with Crippen LogP contribution in [0.2, 0.25) is 0 Å². The van der Waals surface area contributed by atoms with E-state index in [-0.39, 0.29) is 18.2 Å². The van der Waals surface area contributed by atoms with E-state index in [4.69, 9.17) is 5.26 Å². The van der Waals surface area contributed by atoms with E-state index in [0.717, 1.165) is 11.1 Å². The van der Waals surface area contributed by atoms with Gasteiger partial charge in [0.25, 0.3) is 5.91 Å². The van der Waals surface area contributed by atoms with Crippen molar-refractivity contribution in [2.75, 3.05) is 17.0 Å². The molecule has 0 atom stereocenters. The second-order valence-electron chi connectivity index (χ2n) is 6.57. The second-order valence-corrected chi connectivity index (χ2v) is 6.57. The van der Waals surface area contributed by atoms with Crippen molar-refractivity contribution in [1.29, 1.82) is 5.26 Å². The summed E-state index contributed by atoms with van der Waals surface area (Å²) in [5, 5.41) is 14.7. The van der Waals surface area contributed by atoms with Crippen LogP contribution in [0.15, 0.2) is 47.6 Å². The van der Waals surface area contributed by atoms with Crippen molar-refractivity contribution in [2.24, 2.45) is 5.10 Å². The third-order valence-electron chi connectivity index (χ3n) is 4.54. The Bertz CT molecular complexity index is 988. The van der Waals surface area contributed by atoms with Crippen LogP contribution in [-0.2, 0) is 9.59 Å². The minimum Gasteiger partial charge on any atom is -0.310 e.